The summed E-state index contributed by atoms with van der Waals surface area (Å²) in [6, 6.07) is 9.15. The summed E-state index contributed by atoms with van der Waals surface area (Å²) in [7, 11) is 0. The van der Waals surface area contributed by atoms with Crippen molar-refractivity contribution in [3.05, 3.63) is 62.8 Å². The van der Waals surface area contributed by atoms with Gasteiger partial charge >= 0.3 is 5.97 Å². The van der Waals surface area contributed by atoms with Gasteiger partial charge in [0.1, 0.15) is 18.2 Å². The fourth-order valence-corrected chi connectivity index (χ4v) is 2.19. The number of ether oxygens (including phenoxy) is 1. The third kappa shape index (κ3) is 3.29. The van der Waals surface area contributed by atoms with Gasteiger partial charge < -0.3 is 9.84 Å². The standard InChI is InChI=1S/C14H9BrClFO3/c15-11-5-4-9(6-10(11)14(18)19)20-7-8-2-1-3-12(16)13(8)17/h1-6H,7H2,(H,18,19). The number of carbonyl (C=O) groups is 1. The summed E-state index contributed by atoms with van der Waals surface area (Å²) in [5, 5.41) is 9.01. The predicted octanol–water partition coefficient (Wildman–Crippen LogP) is 4.52. The number of carboxylic acid groups (broad SMARTS) is 1. The predicted molar refractivity (Wildman–Crippen MR) is 76.8 cm³/mol. The molecule has 6 heteroatoms. The van der Waals surface area contributed by atoms with Crippen molar-refractivity contribution < 1.29 is 19.0 Å². The number of rotatable bonds is 4. The van der Waals surface area contributed by atoms with Crippen LogP contribution < -0.4 is 4.74 Å². The van der Waals surface area contributed by atoms with Crippen molar-refractivity contribution in [3.63, 3.8) is 0 Å². The summed E-state index contributed by atoms with van der Waals surface area (Å²) in [6.45, 7) is -0.0346. The maximum atomic E-state index is 13.7. The zero-order valence-corrected chi connectivity index (χ0v) is 12.4. The SMILES string of the molecule is O=C(O)c1cc(OCc2cccc(Cl)c2F)ccc1Br. The van der Waals surface area contributed by atoms with E-state index in [0.29, 0.717) is 15.8 Å². The molecule has 1 N–H and O–H groups in total. The quantitative estimate of drug-likeness (QED) is 0.873. The minimum atomic E-state index is -1.07. The molecule has 0 unspecified atom stereocenters. The molecule has 0 radical (unpaired) electrons. The molecular weight excluding hydrogens is 351 g/mol. The first-order valence-electron chi connectivity index (χ1n) is 5.57. The fraction of sp³-hybridized carbons (Fsp3) is 0.0714. The summed E-state index contributed by atoms with van der Waals surface area (Å²) in [4.78, 5) is 11.0. The van der Waals surface area contributed by atoms with Crippen LogP contribution in [0.2, 0.25) is 5.02 Å². The molecule has 3 nitrogen and oxygen atoms in total. The van der Waals surface area contributed by atoms with Crippen LogP contribution in [-0.4, -0.2) is 11.1 Å². The van der Waals surface area contributed by atoms with Gasteiger partial charge in [0.2, 0.25) is 0 Å². The third-order valence-electron chi connectivity index (χ3n) is 2.59. The smallest absolute Gasteiger partial charge is 0.336 e. The van der Waals surface area contributed by atoms with Crippen molar-refractivity contribution in [2.24, 2.45) is 0 Å². The molecule has 0 saturated carbocycles. The Balaban J connectivity index is 2.17. The molecule has 0 amide bonds. The normalized spacial score (nSPS) is 10.3. The lowest BCUT2D eigenvalue weighted by atomic mass is 10.2. The number of hydrogen-bond donors (Lipinski definition) is 1. The van der Waals surface area contributed by atoms with Crippen LogP contribution in [0.4, 0.5) is 4.39 Å². The van der Waals surface area contributed by atoms with E-state index in [2.05, 4.69) is 15.9 Å². The van der Waals surface area contributed by atoms with Gasteiger partial charge in [-0.1, -0.05) is 23.7 Å². The lowest BCUT2D eigenvalue weighted by Crippen LogP contribution is -2.02. The highest BCUT2D eigenvalue weighted by Gasteiger charge is 2.11. The van der Waals surface area contributed by atoms with Gasteiger partial charge in [0.15, 0.2) is 0 Å². The summed E-state index contributed by atoms with van der Waals surface area (Å²) >= 11 is 8.80. The minimum absolute atomic E-state index is 0.0214. The summed E-state index contributed by atoms with van der Waals surface area (Å²) in [5.74, 6) is -1.27. The van der Waals surface area contributed by atoms with Crippen LogP contribution in [0, 0.1) is 5.82 Å². The van der Waals surface area contributed by atoms with Crippen LogP contribution >= 0.6 is 27.5 Å². The number of benzene rings is 2. The van der Waals surface area contributed by atoms with Gasteiger partial charge in [0.05, 0.1) is 10.6 Å². The van der Waals surface area contributed by atoms with E-state index in [0.717, 1.165) is 0 Å². The molecule has 0 aliphatic rings. The number of aromatic carboxylic acids is 1. The maximum absolute atomic E-state index is 13.7. The molecule has 2 aromatic rings. The van der Waals surface area contributed by atoms with E-state index in [1.807, 2.05) is 0 Å². The molecule has 0 atom stereocenters. The Morgan fingerprint density at radius 3 is 2.80 bits per heavy atom. The first-order valence-corrected chi connectivity index (χ1v) is 6.74. The minimum Gasteiger partial charge on any atom is -0.489 e. The molecule has 0 heterocycles. The van der Waals surface area contributed by atoms with E-state index in [1.54, 1.807) is 24.3 Å². The molecule has 0 aliphatic heterocycles. The summed E-state index contributed by atoms with van der Waals surface area (Å²) in [6.07, 6.45) is 0. The Morgan fingerprint density at radius 1 is 1.35 bits per heavy atom. The second-order valence-electron chi connectivity index (χ2n) is 3.95. The van der Waals surface area contributed by atoms with Gasteiger partial charge in [0.25, 0.3) is 0 Å². The molecule has 2 aromatic carbocycles. The Hall–Kier alpha value is -1.59. The second-order valence-corrected chi connectivity index (χ2v) is 5.21. The van der Waals surface area contributed by atoms with Crippen molar-refractivity contribution in [2.75, 3.05) is 0 Å². The molecule has 0 fully saturated rings. The van der Waals surface area contributed by atoms with E-state index in [9.17, 15) is 9.18 Å². The monoisotopic (exact) mass is 358 g/mol. The van der Waals surface area contributed by atoms with Crippen LogP contribution in [0.3, 0.4) is 0 Å². The number of halogens is 3. The largest absolute Gasteiger partial charge is 0.489 e. The Kier molecular flexibility index (Phi) is 4.62. The lowest BCUT2D eigenvalue weighted by Gasteiger charge is -2.09. The van der Waals surface area contributed by atoms with Gasteiger partial charge in [-0.2, -0.15) is 0 Å². The zero-order valence-electron chi connectivity index (χ0n) is 10.1. The van der Waals surface area contributed by atoms with E-state index in [4.69, 9.17) is 21.4 Å². The van der Waals surface area contributed by atoms with Crippen molar-refractivity contribution in [1.82, 2.24) is 0 Å². The number of hydrogen-bond acceptors (Lipinski definition) is 2. The lowest BCUT2D eigenvalue weighted by molar-refractivity contribution is 0.0695. The molecule has 104 valence electrons. The van der Waals surface area contributed by atoms with Crippen LogP contribution in [0.5, 0.6) is 5.75 Å². The molecule has 2 rings (SSSR count). The van der Waals surface area contributed by atoms with Gasteiger partial charge in [-0.25, -0.2) is 9.18 Å². The molecule has 0 aliphatic carbocycles. The van der Waals surface area contributed by atoms with Crippen LogP contribution in [0.1, 0.15) is 15.9 Å². The first kappa shape index (κ1) is 14.8. The van der Waals surface area contributed by atoms with Crippen molar-refractivity contribution in [3.8, 4) is 5.75 Å². The van der Waals surface area contributed by atoms with E-state index < -0.39 is 11.8 Å². The van der Waals surface area contributed by atoms with Crippen LogP contribution in [0.25, 0.3) is 0 Å². The molecule has 20 heavy (non-hydrogen) atoms. The maximum Gasteiger partial charge on any atom is 0.336 e. The van der Waals surface area contributed by atoms with Crippen LogP contribution in [-0.2, 0) is 6.61 Å². The molecule has 0 saturated heterocycles. The average molecular weight is 360 g/mol. The van der Waals surface area contributed by atoms with E-state index in [-0.39, 0.29) is 17.2 Å². The van der Waals surface area contributed by atoms with Crippen molar-refractivity contribution >= 4 is 33.5 Å². The van der Waals surface area contributed by atoms with Crippen molar-refractivity contribution in [1.29, 1.82) is 0 Å². The second kappa shape index (κ2) is 6.24. The molecule has 0 aromatic heterocycles. The van der Waals surface area contributed by atoms with Gasteiger partial charge in [-0.3, -0.25) is 0 Å². The third-order valence-corrected chi connectivity index (χ3v) is 3.58. The first-order chi connectivity index (χ1) is 9.49. The van der Waals surface area contributed by atoms with Gasteiger partial charge in [-0.05, 0) is 40.2 Å². The highest BCUT2D eigenvalue weighted by atomic mass is 79.9. The Morgan fingerprint density at radius 2 is 2.10 bits per heavy atom. The van der Waals surface area contributed by atoms with Crippen molar-refractivity contribution in [2.45, 2.75) is 6.61 Å². The zero-order chi connectivity index (χ0) is 14.7. The summed E-state index contributed by atoms with van der Waals surface area (Å²) < 4.78 is 19.5. The molecular formula is C14H9BrClFO3. The Bertz CT molecular complexity index is 661. The van der Waals surface area contributed by atoms with Gasteiger partial charge in [0, 0.05) is 10.0 Å². The Labute approximate surface area is 128 Å². The van der Waals surface area contributed by atoms with Crippen LogP contribution in [0.15, 0.2) is 40.9 Å². The number of carboxylic acids is 1. The molecule has 0 bridgehead atoms. The fourth-order valence-electron chi connectivity index (χ4n) is 1.58. The van der Waals surface area contributed by atoms with Gasteiger partial charge in [-0.15, -0.1) is 0 Å². The van der Waals surface area contributed by atoms with E-state index in [1.165, 1.54) is 12.1 Å². The highest BCUT2D eigenvalue weighted by Crippen LogP contribution is 2.24. The topological polar surface area (TPSA) is 46.5 Å². The van der Waals surface area contributed by atoms with E-state index >= 15 is 0 Å². The molecule has 0 spiro atoms. The highest BCUT2D eigenvalue weighted by molar-refractivity contribution is 9.10. The summed E-state index contributed by atoms with van der Waals surface area (Å²) in [5.41, 5.74) is 0.381. The average Bonchev–Trinajstić information content (AvgIpc) is 2.41.